The smallest absolute Gasteiger partial charge is 0.511 e. The third-order valence-electron chi connectivity index (χ3n) is 1.95. The number of benzene rings is 1. The van der Waals surface area contributed by atoms with Crippen molar-refractivity contribution in [3.63, 3.8) is 0 Å². The van der Waals surface area contributed by atoms with Crippen LogP contribution in [0.3, 0.4) is 0 Å². The first-order valence-electron chi connectivity index (χ1n) is 4.51. The fourth-order valence-corrected chi connectivity index (χ4v) is 2.09. The van der Waals surface area contributed by atoms with E-state index < -0.39 is 19.4 Å². The lowest BCUT2D eigenvalue weighted by atomic mass is 10.1. The Kier molecular flexibility index (Phi) is 4.91. The van der Waals surface area contributed by atoms with Gasteiger partial charge in [0, 0.05) is 0 Å². The lowest BCUT2D eigenvalue weighted by molar-refractivity contribution is -0.137. The molecule has 1 nitrogen and oxygen atoms in total. The van der Waals surface area contributed by atoms with E-state index in [1.807, 2.05) is 0 Å². The summed E-state index contributed by atoms with van der Waals surface area (Å²) < 4.78 is 42.5. The largest absolute Gasteiger partial charge is 0.517 e. The second-order valence-electron chi connectivity index (χ2n) is 3.14. The van der Waals surface area contributed by atoms with Crippen LogP contribution in [0.15, 0.2) is 30.9 Å². The first-order chi connectivity index (χ1) is 7.84. The van der Waals surface area contributed by atoms with Gasteiger partial charge in [0.15, 0.2) is 0 Å². The molecule has 0 aliphatic heterocycles. The van der Waals surface area contributed by atoms with Crippen molar-refractivity contribution in [2.24, 2.45) is 0 Å². The number of hydrogen-bond acceptors (Lipinski definition) is 1. The Morgan fingerprint density at radius 2 is 2.00 bits per heavy atom. The lowest BCUT2D eigenvalue weighted by Crippen LogP contribution is -2.10. The van der Waals surface area contributed by atoms with Crippen LogP contribution >= 0.6 is 22.2 Å². The normalized spacial score (nSPS) is 11.6. The summed E-state index contributed by atoms with van der Waals surface area (Å²) in [5, 5.41) is 0. The second-order valence-corrected chi connectivity index (χ2v) is 6.44. The molecule has 0 unspecified atom stereocenters. The fourth-order valence-electron chi connectivity index (χ4n) is 1.23. The summed E-state index contributed by atoms with van der Waals surface area (Å²) in [4.78, 5) is 0. The summed E-state index contributed by atoms with van der Waals surface area (Å²) in [7, 11) is -2.15. The average molecular weight is 300 g/mol. The predicted octanol–water partition coefficient (Wildman–Crippen LogP) is 4.28. The van der Waals surface area contributed by atoms with Crippen molar-refractivity contribution in [1.82, 2.24) is 0 Å². The number of hydrogen-bond donors (Lipinski definition) is 0. The van der Waals surface area contributed by atoms with Crippen LogP contribution in [0.25, 0.3) is 0 Å². The summed E-state index contributed by atoms with van der Waals surface area (Å²) in [6.45, 7) is 3.51. The lowest BCUT2D eigenvalue weighted by Gasteiger charge is -2.13. The third-order valence-corrected chi connectivity index (χ3v) is 2.78. The summed E-state index contributed by atoms with van der Waals surface area (Å²) in [5.74, 6) is 0.0543. The summed E-state index contributed by atoms with van der Waals surface area (Å²) >= 11 is 11.0. The quantitative estimate of drug-likeness (QED) is 0.458. The molecule has 1 aromatic rings. The fraction of sp³-hybridized carbons (Fsp3) is 0.200. The van der Waals surface area contributed by atoms with Crippen LogP contribution in [0, 0.1) is 0 Å². The molecule has 0 fully saturated rings. The molecule has 0 atom stereocenters. The molecule has 17 heavy (non-hydrogen) atoms. The van der Waals surface area contributed by atoms with Crippen molar-refractivity contribution in [2.45, 2.75) is 12.6 Å². The van der Waals surface area contributed by atoms with Crippen molar-refractivity contribution in [3.05, 3.63) is 42.0 Å². The minimum atomic E-state index is -4.42. The monoisotopic (exact) mass is 299 g/mol. The third kappa shape index (κ3) is 4.26. The molecule has 0 spiro atoms. The predicted molar refractivity (Wildman–Crippen MR) is 63.4 cm³/mol. The van der Waals surface area contributed by atoms with Crippen molar-refractivity contribution < 1.29 is 17.6 Å². The summed E-state index contributed by atoms with van der Waals surface area (Å²) in [6, 6.07) is 3.22. The molecule has 0 aliphatic carbocycles. The Morgan fingerprint density at radius 3 is 2.47 bits per heavy atom. The number of rotatable bonds is 4. The number of alkyl halides is 3. The van der Waals surface area contributed by atoms with Crippen LogP contribution in [0.5, 0.6) is 5.75 Å². The molecule has 1 aromatic carbocycles. The van der Waals surface area contributed by atoms with Gasteiger partial charge in [-0.3, -0.25) is 0 Å². The van der Waals surface area contributed by atoms with Gasteiger partial charge in [0.05, 0.1) is 5.56 Å². The highest BCUT2D eigenvalue weighted by molar-refractivity contribution is 7.31. The van der Waals surface area contributed by atoms with Crippen LogP contribution in [0.1, 0.15) is 11.1 Å². The molecule has 1 radical (unpaired) electrons. The highest BCUT2D eigenvalue weighted by Gasteiger charge is 2.31. The van der Waals surface area contributed by atoms with Crippen molar-refractivity contribution in [3.8, 4) is 5.75 Å². The van der Waals surface area contributed by atoms with Gasteiger partial charge >= 0.3 is 13.8 Å². The molecule has 0 saturated heterocycles. The molecule has 0 aromatic heterocycles. The molecule has 0 aliphatic rings. The van der Waals surface area contributed by atoms with Crippen LogP contribution < -0.4 is 4.43 Å². The highest BCUT2D eigenvalue weighted by atomic mass is 35.7. The Bertz CT molecular complexity index is 407. The van der Waals surface area contributed by atoms with E-state index >= 15 is 0 Å². The molecule has 0 bridgehead atoms. The Labute approximate surface area is 108 Å². The standard InChI is InChI=1S/C10H8Cl2F3OSi/c1-2-3-7-4-5-8(10(13,14)15)6-9(7)16-17(11)12/h2,4-6H,1,3H2. The first-order valence-corrected chi connectivity index (χ1v) is 7.94. The molecule has 1 rings (SSSR count). The topological polar surface area (TPSA) is 9.23 Å². The van der Waals surface area contributed by atoms with Gasteiger partial charge in [-0.05, 0) is 24.1 Å². The number of halogens is 5. The zero-order valence-electron chi connectivity index (χ0n) is 8.52. The maximum atomic E-state index is 12.5. The van der Waals surface area contributed by atoms with E-state index in [1.54, 1.807) is 6.08 Å². The van der Waals surface area contributed by atoms with Gasteiger partial charge in [0.2, 0.25) is 0 Å². The van der Waals surface area contributed by atoms with Gasteiger partial charge in [-0.25, -0.2) is 0 Å². The van der Waals surface area contributed by atoms with Crippen LogP contribution in [0.4, 0.5) is 13.2 Å². The zero-order chi connectivity index (χ0) is 13.1. The summed E-state index contributed by atoms with van der Waals surface area (Å²) in [6.07, 6.45) is -2.48. The van der Waals surface area contributed by atoms with Crippen LogP contribution in [0.2, 0.25) is 0 Å². The first kappa shape index (κ1) is 14.4. The Hall–Kier alpha value is -0.653. The molecular weight excluding hydrogens is 292 g/mol. The second kappa shape index (κ2) is 5.80. The van der Waals surface area contributed by atoms with Gasteiger partial charge in [-0.15, -0.1) is 6.58 Å². The minimum absolute atomic E-state index is 0.0543. The van der Waals surface area contributed by atoms with Crippen molar-refractivity contribution in [2.75, 3.05) is 0 Å². The van der Waals surface area contributed by atoms with Gasteiger partial charge in [-0.2, -0.15) is 13.2 Å². The number of allylic oxidation sites excluding steroid dienone is 1. The van der Waals surface area contributed by atoms with E-state index in [9.17, 15) is 13.2 Å². The van der Waals surface area contributed by atoms with Crippen LogP contribution in [-0.4, -0.2) is 7.66 Å². The van der Waals surface area contributed by atoms with Gasteiger partial charge in [0.1, 0.15) is 5.75 Å². The van der Waals surface area contributed by atoms with Crippen molar-refractivity contribution in [1.29, 1.82) is 0 Å². The zero-order valence-corrected chi connectivity index (χ0v) is 11.0. The molecule has 0 N–H and O–H groups in total. The van der Waals surface area contributed by atoms with E-state index in [0.29, 0.717) is 12.0 Å². The maximum absolute atomic E-state index is 12.5. The van der Waals surface area contributed by atoms with E-state index in [-0.39, 0.29) is 5.75 Å². The van der Waals surface area contributed by atoms with E-state index in [2.05, 4.69) is 6.58 Å². The molecule has 7 heteroatoms. The van der Waals surface area contributed by atoms with Gasteiger partial charge < -0.3 is 4.43 Å². The van der Waals surface area contributed by atoms with E-state index in [0.717, 1.165) is 12.1 Å². The highest BCUT2D eigenvalue weighted by Crippen LogP contribution is 2.33. The van der Waals surface area contributed by atoms with E-state index in [1.165, 1.54) is 6.07 Å². The van der Waals surface area contributed by atoms with E-state index in [4.69, 9.17) is 26.6 Å². The molecule has 0 heterocycles. The SMILES string of the molecule is C=CCc1ccc(C(F)(F)F)cc1O[Si](Cl)Cl. The molecular formula is C10H8Cl2F3OSi. The van der Waals surface area contributed by atoms with Crippen LogP contribution in [-0.2, 0) is 12.6 Å². The maximum Gasteiger partial charge on any atom is 0.511 e. The Balaban J connectivity index is 3.14. The van der Waals surface area contributed by atoms with Gasteiger partial charge in [0.25, 0.3) is 0 Å². The molecule has 0 amide bonds. The molecule has 93 valence electrons. The Morgan fingerprint density at radius 1 is 1.35 bits per heavy atom. The van der Waals surface area contributed by atoms with Crippen molar-refractivity contribution >= 4 is 29.8 Å². The average Bonchev–Trinajstić information content (AvgIpc) is 2.18. The molecule has 0 saturated carbocycles. The summed E-state index contributed by atoms with van der Waals surface area (Å²) in [5.41, 5.74) is -0.228. The minimum Gasteiger partial charge on any atom is -0.517 e. The van der Waals surface area contributed by atoms with Gasteiger partial charge in [-0.1, -0.05) is 34.3 Å².